The zero-order chi connectivity index (χ0) is 16.5. The number of hydrogen-bond acceptors (Lipinski definition) is 5. The Morgan fingerprint density at radius 2 is 2.21 bits per heavy atom. The van der Waals surface area contributed by atoms with E-state index in [1.165, 1.54) is 18.4 Å². The van der Waals surface area contributed by atoms with Gasteiger partial charge in [-0.3, -0.25) is 5.43 Å². The molecule has 2 aliphatic rings. The van der Waals surface area contributed by atoms with Gasteiger partial charge in [0.1, 0.15) is 11.6 Å². The van der Waals surface area contributed by atoms with Gasteiger partial charge < -0.3 is 4.74 Å². The third-order valence-corrected chi connectivity index (χ3v) is 4.86. The zero-order valence-corrected chi connectivity index (χ0v) is 14.3. The van der Waals surface area contributed by atoms with Crippen LogP contribution in [-0.4, -0.2) is 28.4 Å². The molecule has 2 heterocycles. The topological polar surface area (TPSA) is 64.0 Å². The summed E-state index contributed by atoms with van der Waals surface area (Å²) in [6.07, 6.45) is 3.53. The van der Waals surface area contributed by atoms with E-state index >= 15 is 0 Å². The Kier molecular flexibility index (Phi) is 4.24. The van der Waals surface area contributed by atoms with Crippen molar-refractivity contribution < 1.29 is 4.74 Å². The molecule has 128 valence electrons. The largest absolute Gasteiger partial charge is 0.497 e. The molecular formula is C18H25N5O. The van der Waals surface area contributed by atoms with E-state index < -0.39 is 0 Å². The van der Waals surface area contributed by atoms with E-state index in [4.69, 9.17) is 14.8 Å². The van der Waals surface area contributed by atoms with Crippen LogP contribution in [0.15, 0.2) is 24.3 Å². The monoisotopic (exact) mass is 327 g/mol. The molecule has 4 rings (SSSR count). The summed E-state index contributed by atoms with van der Waals surface area (Å²) in [5, 5.41) is 4.79. The molecule has 2 unspecified atom stereocenters. The highest BCUT2D eigenvalue weighted by atomic mass is 16.5. The first kappa shape index (κ1) is 15.6. The minimum absolute atomic E-state index is 0.173. The molecule has 6 nitrogen and oxygen atoms in total. The van der Waals surface area contributed by atoms with Crippen molar-refractivity contribution in [2.45, 2.75) is 50.6 Å². The van der Waals surface area contributed by atoms with Gasteiger partial charge in [-0.25, -0.2) is 15.1 Å². The molecule has 2 atom stereocenters. The maximum atomic E-state index is 5.38. The van der Waals surface area contributed by atoms with Gasteiger partial charge in [-0.2, -0.15) is 5.10 Å². The summed E-state index contributed by atoms with van der Waals surface area (Å²) in [4.78, 5) is 4.93. The van der Waals surface area contributed by atoms with Crippen LogP contribution in [0.25, 0.3) is 0 Å². The van der Waals surface area contributed by atoms with Crippen molar-refractivity contribution in [3.63, 3.8) is 0 Å². The van der Waals surface area contributed by atoms with E-state index in [1.807, 2.05) is 12.1 Å². The van der Waals surface area contributed by atoms with E-state index in [1.54, 1.807) is 7.11 Å². The summed E-state index contributed by atoms with van der Waals surface area (Å²) in [6, 6.07) is 8.43. The van der Waals surface area contributed by atoms with Crippen molar-refractivity contribution in [1.82, 2.24) is 25.6 Å². The van der Waals surface area contributed by atoms with E-state index in [0.29, 0.717) is 5.92 Å². The highest BCUT2D eigenvalue weighted by molar-refractivity contribution is 5.33. The fourth-order valence-electron chi connectivity index (χ4n) is 3.43. The Labute approximate surface area is 142 Å². The number of ether oxygens (including phenoxy) is 1. The molecule has 1 saturated heterocycles. The Hall–Kier alpha value is -1.92. The first-order chi connectivity index (χ1) is 11.8. The van der Waals surface area contributed by atoms with Crippen LogP contribution >= 0.6 is 0 Å². The van der Waals surface area contributed by atoms with Crippen molar-refractivity contribution in [1.29, 1.82) is 0 Å². The molecular weight excluding hydrogens is 302 g/mol. The summed E-state index contributed by atoms with van der Waals surface area (Å²) in [6.45, 7) is 3.97. The van der Waals surface area contributed by atoms with Gasteiger partial charge >= 0.3 is 0 Å². The van der Waals surface area contributed by atoms with Gasteiger partial charge in [-0.05, 0) is 37.0 Å². The number of hydrogen-bond donors (Lipinski definition) is 2. The first-order valence-corrected chi connectivity index (χ1v) is 8.87. The minimum atomic E-state index is 0.173. The second kappa shape index (κ2) is 6.53. The minimum Gasteiger partial charge on any atom is -0.497 e. The average molecular weight is 327 g/mol. The molecule has 2 fully saturated rings. The maximum absolute atomic E-state index is 5.38. The lowest BCUT2D eigenvalue weighted by atomic mass is 9.94. The summed E-state index contributed by atoms with van der Waals surface area (Å²) in [7, 11) is 1.71. The van der Waals surface area contributed by atoms with Gasteiger partial charge in [-0.15, -0.1) is 0 Å². The summed E-state index contributed by atoms with van der Waals surface area (Å²) >= 11 is 0. The van der Waals surface area contributed by atoms with Crippen molar-refractivity contribution in [3.05, 3.63) is 41.5 Å². The molecule has 1 aliphatic carbocycles. The molecule has 2 N–H and O–H groups in total. The number of hydrazine groups is 1. The van der Waals surface area contributed by atoms with Gasteiger partial charge in [0.15, 0.2) is 5.82 Å². The number of nitrogens with zero attached hydrogens (tertiary/aromatic N) is 3. The van der Waals surface area contributed by atoms with Crippen LogP contribution in [0, 0.1) is 0 Å². The molecule has 2 aromatic rings. The lowest BCUT2D eigenvalue weighted by molar-refractivity contribution is 0.412. The lowest BCUT2D eigenvalue weighted by Gasteiger charge is -2.19. The van der Waals surface area contributed by atoms with Gasteiger partial charge in [0.05, 0.1) is 19.1 Å². The fourth-order valence-corrected chi connectivity index (χ4v) is 3.43. The van der Waals surface area contributed by atoms with Crippen LogP contribution in [-0.2, 0) is 6.54 Å². The molecule has 1 aliphatic heterocycles. The summed E-state index contributed by atoms with van der Waals surface area (Å²) < 4.78 is 7.51. The predicted molar refractivity (Wildman–Crippen MR) is 91.9 cm³/mol. The molecule has 0 bridgehead atoms. The van der Waals surface area contributed by atoms with Crippen molar-refractivity contribution >= 4 is 0 Å². The summed E-state index contributed by atoms with van der Waals surface area (Å²) in [5.41, 5.74) is 7.93. The van der Waals surface area contributed by atoms with E-state index in [9.17, 15) is 0 Å². The van der Waals surface area contributed by atoms with Gasteiger partial charge in [0.2, 0.25) is 0 Å². The molecule has 1 aromatic heterocycles. The van der Waals surface area contributed by atoms with E-state index in [0.717, 1.165) is 36.9 Å². The molecule has 24 heavy (non-hydrogen) atoms. The standard InChI is InChI=1S/C18H25N5O/c1-3-9-23-18(20-17(22-23)12-7-8-12)15-11-19-21-16(15)13-5-4-6-14(10-13)24-2/h4-6,10,12,15-16,19,21H,3,7-9,11H2,1-2H3. The third kappa shape index (κ3) is 2.91. The zero-order valence-electron chi connectivity index (χ0n) is 14.3. The number of aryl methyl sites for hydroxylation is 1. The number of benzene rings is 1. The van der Waals surface area contributed by atoms with Crippen LogP contribution in [0.4, 0.5) is 0 Å². The van der Waals surface area contributed by atoms with Gasteiger partial charge in [0.25, 0.3) is 0 Å². The third-order valence-electron chi connectivity index (χ3n) is 4.86. The highest BCUT2D eigenvalue weighted by Crippen LogP contribution is 2.40. The van der Waals surface area contributed by atoms with E-state index in [-0.39, 0.29) is 12.0 Å². The molecule has 0 radical (unpaired) electrons. The van der Waals surface area contributed by atoms with Gasteiger partial charge in [-0.1, -0.05) is 19.1 Å². The normalized spacial score (nSPS) is 23.6. The molecule has 1 saturated carbocycles. The maximum Gasteiger partial charge on any atom is 0.154 e. The predicted octanol–water partition coefficient (Wildman–Crippen LogP) is 2.51. The van der Waals surface area contributed by atoms with Crippen molar-refractivity contribution in [2.24, 2.45) is 0 Å². The van der Waals surface area contributed by atoms with Crippen LogP contribution in [0.3, 0.4) is 0 Å². The van der Waals surface area contributed by atoms with Gasteiger partial charge in [0, 0.05) is 19.0 Å². The van der Waals surface area contributed by atoms with Crippen molar-refractivity contribution in [2.75, 3.05) is 13.7 Å². The van der Waals surface area contributed by atoms with Crippen LogP contribution in [0.5, 0.6) is 5.75 Å². The molecule has 6 heteroatoms. The van der Waals surface area contributed by atoms with Crippen LogP contribution < -0.4 is 15.6 Å². The Morgan fingerprint density at radius 3 is 2.96 bits per heavy atom. The SMILES string of the molecule is CCCn1nc(C2CC2)nc1C1CNNC1c1cccc(OC)c1. The Bertz CT molecular complexity index is 709. The Morgan fingerprint density at radius 1 is 1.33 bits per heavy atom. The van der Waals surface area contributed by atoms with Crippen LogP contribution in [0.2, 0.25) is 0 Å². The second-order valence-corrected chi connectivity index (χ2v) is 6.71. The molecule has 0 amide bonds. The average Bonchev–Trinajstić information content (AvgIpc) is 3.20. The smallest absolute Gasteiger partial charge is 0.154 e. The van der Waals surface area contributed by atoms with Crippen molar-refractivity contribution in [3.8, 4) is 5.75 Å². The summed E-state index contributed by atoms with van der Waals surface area (Å²) in [5.74, 6) is 3.87. The number of rotatable bonds is 6. The number of aromatic nitrogens is 3. The quantitative estimate of drug-likeness (QED) is 0.853. The lowest BCUT2D eigenvalue weighted by Crippen LogP contribution is -2.25. The number of nitrogens with one attached hydrogen (secondary N) is 2. The first-order valence-electron chi connectivity index (χ1n) is 8.87. The molecule has 0 spiro atoms. The number of methoxy groups -OCH3 is 1. The van der Waals surface area contributed by atoms with E-state index in [2.05, 4.69) is 34.6 Å². The Balaban J connectivity index is 1.66. The highest BCUT2D eigenvalue weighted by Gasteiger charge is 2.36. The second-order valence-electron chi connectivity index (χ2n) is 6.71. The fraction of sp³-hybridized carbons (Fsp3) is 0.556. The molecule has 1 aromatic carbocycles. The van der Waals surface area contributed by atoms with Crippen LogP contribution in [0.1, 0.15) is 61.3 Å².